The van der Waals surface area contributed by atoms with Gasteiger partial charge in [0.25, 0.3) is 0 Å². The molecule has 2 unspecified atom stereocenters. The Morgan fingerprint density at radius 2 is 1.56 bits per heavy atom. The topological polar surface area (TPSA) is 167 Å². The third-order valence-electron chi connectivity index (χ3n) is 10.9. The maximum atomic E-state index is 14.6. The minimum absolute atomic E-state index is 0.00529. The highest BCUT2D eigenvalue weighted by Gasteiger charge is 2.37. The Hall–Kier alpha value is -4.90. The number of hydrogen-bond acceptors (Lipinski definition) is 13. The average molecular weight is 895 g/mol. The number of likely N-dealkylation sites (N-methyl/N-ethyl adjacent to an activating group) is 1. The lowest BCUT2D eigenvalue weighted by Gasteiger charge is -2.32. The van der Waals surface area contributed by atoms with Gasteiger partial charge in [0.05, 0.1) is 45.6 Å². The Labute approximate surface area is 379 Å². The van der Waals surface area contributed by atoms with Gasteiger partial charge >= 0.3 is 5.97 Å². The van der Waals surface area contributed by atoms with Crippen LogP contribution in [-0.4, -0.2) is 128 Å². The normalized spacial score (nSPS) is 24.6. The molecular formula is C49H70N2O13. The molecular weight excluding hydrogens is 825 g/mol. The summed E-state index contributed by atoms with van der Waals surface area (Å²) in [5, 5.41) is 2.91. The molecule has 1 aliphatic heterocycles. The molecule has 1 aliphatic rings. The van der Waals surface area contributed by atoms with Gasteiger partial charge in [0.2, 0.25) is 11.8 Å². The molecule has 0 fully saturated rings. The number of nitrogens with one attached hydrogen (secondary N) is 1. The van der Waals surface area contributed by atoms with Crippen LogP contribution < -0.4 is 14.8 Å². The van der Waals surface area contributed by atoms with Crippen LogP contribution in [-0.2, 0) is 58.8 Å². The summed E-state index contributed by atoms with van der Waals surface area (Å²) < 4.78 is 51.1. The highest BCUT2D eigenvalue weighted by Crippen LogP contribution is 2.30. The van der Waals surface area contributed by atoms with Gasteiger partial charge < -0.3 is 52.8 Å². The SMILES string of the molecule is COCCOCOc1ccc(CC2C(=O)N[C@@H](C(C)C)C(=O)OC(c3ccccc3)[C@H](OCOCCOC)/C=C/C=C(\C)[C@@H](OC)CCC/C=C(\C)C(=O)[C@H](C)C(=O)N2C)cc1OC. The number of ketones is 1. The Morgan fingerprint density at radius 3 is 2.20 bits per heavy atom. The molecule has 3 rings (SSSR count). The number of carbonyl (C=O) groups is 4. The number of ether oxygens (including phenoxy) is 9. The van der Waals surface area contributed by atoms with E-state index in [4.69, 9.17) is 42.6 Å². The minimum Gasteiger partial charge on any atom is -0.493 e. The molecule has 0 radical (unpaired) electrons. The molecule has 6 atom stereocenters. The van der Waals surface area contributed by atoms with Crippen molar-refractivity contribution >= 4 is 23.6 Å². The van der Waals surface area contributed by atoms with Crippen LogP contribution >= 0.6 is 0 Å². The Balaban J connectivity index is 2.12. The lowest BCUT2D eigenvalue weighted by molar-refractivity contribution is -0.168. The molecule has 0 saturated heterocycles. The van der Waals surface area contributed by atoms with Crippen LogP contribution in [0.15, 0.2) is 84.0 Å². The third-order valence-corrected chi connectivity index (χ3v) is 10.9. The van der Waals surface area contributed by atoms with Gasteiger partial charge in [-0.2, -0.15) is 0 Å². The molecule has 0 aromatic heterocycles. The minimum atomic E-state index is -1.18. The van der Waals surface area contributed by atoms with Gasteiger partial charge in [0.15, 0.2) is 30.2 Å². The number of rotatable bonds is 18. The van der Waals surface area contributed by atoms with Crippen molar-refractivity contribution in [2.24, 2.45) is 11.8 Å². The molecule has 1 heterocycles. The lowest BCUT2D eigenvalue weighted by atomic mass is 9.95. The van der Waals surface area contributed by atoms with Crippen LogP contribution in [0.25, 0.3) is 0 Å². The molecule has 0 spiro atoms. The number of amides is 2. The molecule has 354 valence electrons. The fourth-order valence-electron chi connectivity index (χ4n) is 6.97. The molecule has 2 aromatic carbocycles. The van der Waals surface area contributed by atoms with Crippen molar-refractivity contribution in [3.63, 3.8) is 0 Å². The predicted molar refractivity (Wildman–Crippen MR) is 242 cm³/mol. The van der Waals surface area contributed by atoms with Gasteiger partial charge in [-0.05, 0) is 80.4 Å². The zero-order valence-corrected chi connectivity index (χ0v) is 39.3. The van der Waals surface area contributed by atoms with E-state index in [1.54, 1.807) is 66.4 Å². The first-order valence-electron chi connectivity index (χ1n) is 21.7. The van der Waals surface area contributed by atoms with E-state index in [9.17, 15) is 19.2 Å². The molecule has 0 aliphatic carbocycles. The van der Waals surface area contributed by atoms with Gasteiger partial charge in [0.1, 0.15) is 25.0 Å². The van der Waals surface area contributed by atoms with E-state index in [-0.39, 0.29) is 38.5 Å². The quantitative estimate of drug-likeness (QED) is 0.0763. The van der Waals surface area contributed by atoms with Crippen LogP contribution in [0.2, 0.25) is 0 Å². The van der Waals surface area contributed by atoms with Crippen LogP contribution in [0.4, 0.5) is 0 Å². The molecule has 0 bridgehead atoms. The maximum Gasteiger partial charge on any atom is 0.329 e. The molecule has 64 heavy (non-hydrogen) atoms. The lowest BCUT2D eigenvalue weighted by Crippen LogP contribution is -2.55. The first kappa shape index (κ1) is 53.4. The first-order chi connectivity index (χ1) is 30.8. The van der Waals surface area contributed by atoms with Crippen molar-refractivity contribution in [1.82, 2.24) is 10.2 Å². The van der Waals surface area contributed by atoms with E-state index >= 15 is 0 Å². The second kappa shape index (κ2) is 28.8. The summed E-state index contributed by atoms with van der Waals surface area (Å²) in [7, 11) is 7.77. The van der Waals surface area contributed by atoms with Crippen molar-refractivity contribution in [2.45, 2.75) is 90.7 Å². The maximum absolute atomic E-state index is 14.6. The van der Waals surface area contributed by atoms with Crippen molar-refractivity contribution < 1.29 is 61.8 Å². The molecule has 0 saturated carbocycles. The summed E-state index contributed by atoms with van der Waals surface area (Å²) in [5.41, 5.74) is 2.66. The van der Waals surface area contributed by atoms with E-state index in [1.165, 1.54) is 26.0 Å². The standard InChI is InChI=1S/C49H70N2O13/c1-33(2)44-49(55)64-46(38-19-12-11-13-20-38)42(63-32-61-28-26-57-8)22-16-18-34(3)40(58-9)21-15-14-17-35(4)45(52)36(5)48(54)51(6)39(47(53)50-44)29-37-23-24-41(43(30-37)59-10)62-31-60-27-25-56-7/h11-13,16-20,22-24,30,33,36,39-40,42,44,46H,14-15,21,25-29,31-32H2,1-10H3,(H,50,53)/b22-16+,34-18+,35-17+/t36-,39?,40-,42+,44-,46?/m0/s1. The highest BCUT2D eigenvalue weighted by atomic mass is 16.7. The fourth-order valence-corrected chi connectivity index (χ4v) is 6.97. The van der Waals surface area contributed by atoms with E-state index in [0.717, 1.165) is 5.57 Å². The van der Waals surface area contributed by atoms with Crippen LogP contribution in [0.1, 0.15) is 71.1 Å². The highest BCUT2D eigenvalue weighted by molar-refractivity contribution is 6.09. The number of nitrogens with zero attached hydrogens (tertiary/aromatic N) is 1. The summed E-state index contributed by atoms with van der Waals surface area (Å²) in [6.45, 7) is 9.99. The molecule has 15 nitrogen and oxygen atoms in total. The molecule has 2 amide bonds. The summed E-state index contributed by atoms with van der Waals surface area (Å²) >= 11 is 0. The van der Waals surface area contributed by atoms with Crippen molar-refractivity contribution in [2.75, 3.05) is 75.5 Å². The monoisotopic (exact) mass is 894 g/mol. The number of methoxy groups -OCH3 is 4. The van der Waals surface area contributed by atoms with Crippen LogP contribution in [0.3, 0.4) is 0 Å². The van der Waals surface area contributed by atoms with Crippen molar-refractivity contribution in [3.05, 3.63) is 95.1 Å². The molecule has 2 aromatic rings. The summed E-state index contributed by atoms with van der Waals surface area (Å²) in [4.78, 5) is 58.3. The first-order valence-corrected chi connectivity index (χ1v) is 21.7. The zero-order chi connectivity index (χ0) is 47.0. The largest absolute Gasteiger partial charge is 0.493 e. The second-order valence-electron chi connectivity index (χ2n) is 15.9. The molecule has 1 N–H and O–H groups in total. The van der Waals surface area contributed by atoms with E-state index in [2.05, 4.69) is 5.32 Å². The fraction of sp³-hybridized carbons (Fsp3) is 0.551. The van der Waals surface area contributed by atoms with Gasteiger partial charge in [-0.15, -0.1) is 0 Å². The van der Waals surface area contributed by atoms with Gasteiger partial charge in [0, 0.05) is 34.8 Å². The van der Waals surface area contributed by atoms with E-state index in [0.29, 0.717) is 67.3 Å². The molecule has 15 heteroatoms. The summed E-state index contributed by atoms with van der Waals surface area (Å²) in [5.74, 6) is -3.05. The Morgan fingerprint density at radius 1 is 0.875 bits per heavy atom. The number of Topliss-reactive ketones (excluding diaryl/α,β-unsaturated/α-hetero) is 1. The number of allylic oxidation sites excluding steroid dienone is 4. The van der Waals surface area contributed by atoms with Gasteiger partial charge in [-0.3, -0.25) is 14.4 Å². The van der Waals surface area contributed by atoms with E-state index in [1.807, 2.05) is 55.5 Å². The van der Waals surface area contributed by atoms with Crippen LogP contribution in [0.5, 0.6) is 11.5 Å². The Kier molecular flexibility index (Phi) is 24.0. The third kappa shape index (κ3) is 16.9. The summed E-state index contributed by atoms with van der Waals surface area (Å²) in [6, 6.07) is 12.0. The zero-order valence-electron chi connectivity index (χ0n) is 39.3. The second-order valence-corrected chi connectivity index (χ2v) is 15.9. The van der Waals surface area contributed by atoms with Crippen molar-refractivity contribution in [3.8, 4) is 11.5 Å². The number of hydrogen-bond donors (Lipinski definition) is 1. The summed E-state index contributed by atoms with van der Waals surface area (Å²) in [6.07, 6.45) is 7.35. The number of esters is 1. The van der Waals surface area contributed by atoms with Gasteiger partial charge in [-0.1, -0.05) is 74.5 Å². The average Bonchev–Trinajstić information content (AvgIpc) is 3.29. The Bertz CT molecular complexity index is 1850. The number of cyclic esters (lactones) is 1. The smallest absolute Gasteiger partial charge is 0.329 e. The van der Waals surface area contributed by atoms with Crippen LogP contribution in [0, 0.1) is 11.8 Å². The van der Waals surface area contributed by atoms with Gasteiger partial charge in [-0.25, -0.2) is 4.79 Å². The predicted octanol–water partition coefficient (Wildman–Crippen LogP) is 6.35. The number of benzene rings is 2. The number of carbonyl (C=O) groups excluding carboxylic acids is 4. The van der Waals surface area contributed by atoms with E-state index < -0.39 is 53.9 Å². The van der Waals surface area contributed by atoms with Crippen molar-refractivity contribution in [1.29, 1.82) is 0 Å².